The molecule has 0 bridgehead atoms. The SMILES string of the molecule is CN(CC1CCNCC1)C(=O)c1cnn(C)c1. The standard InChI is InChI=1S/C12H20N4O/c1-15(8-10-3-5-13-6-4-10)12(17)11-7-14-16(2)9-11/h7,9-10,13H,3-6,8H2,1-2H3. The number of carbonyl (C=O) groups is 1. The van der Waals surface area contributed by atoms with Crippen LogP contribution in [0.25, 0.3) is 0 Å². The van der Waals surface area contributed by atoms with E-state index in [1.54, 1.807) is 17.1 Å². The summed E-state index contributed by atoms with van der Waals surface area (Å²) in [6.45, 7) is 2.98. The van der Waals surface area contributed by atoms with E-state index >= 15 is 0 Å². The molecule has 2 heterocycles. The van der Waals surface area contributed by atoms with Crippen molar-refractivity contribution < 1.29 is 4.79 Å². The van der Waals surface area contributed by atoms with E-state index in [1.807, 2.05) is 19.0 Å². The van der Waals surface area contributed by atoms with Gasteiger partial charge in [0.1, 0.15) is 0 Å². The van der Waals surface area contributed by atoms with Gasteiger partial charge in [-0.3, -0.25) is 9.48 Å². The lowest BCUT2D eigenvalue weighted by molar-refractivity contribution is 0.0762. The van der Waals surface area contributed by atoms with Crippen molar-refractivity contribution in [3.8, 4) is 0 Å². The fraction of sp³-hybridized carbons (Fsp3) is 0.667. The first-order valence-corrected chi connectivity index (χ1v) is 6.11. The van der Waals surface area contributed by atoms with Crippen LogP contribution in [0.4, 0.5) is 0 Å². The molecule has 0 unspecified atom stereocenters. The molecule has 1 aromatic heterocycles. The zero-order valence-corrected chi connectivity index (χ0v) is 10.5. The highest BCUT2D eigenvalue weighted by molar-refractivity contribution is 5.93. The summed E-state index contributed by atoms with van der Waals surface area (Å²) in [6.07, 6.45) is 5.71. The van der Waals surface area contributed by atoms with E-state index < -0.39 is 0 Å². The average molecular weight is 236 g/mol. The molecule has 0 aliphatic carbocycles. The van der Waals surface area contributed by atoms with Gasteiger partial charge in [0.25, 0.3) is 5.91 Å². The van der Waals surface area contributed by atoms with Gasteiger partial charge in [0, 0.05) is 26.8 Å². The molecule has 1 fully saturated rings. The summed E-state index contributed by atoms with van der Waals surface area (Å²) in [5.74, 6) is 0.693. The maximum atomic E-state index is 12.1. The topological polar surface area (TPSA) is 50.2 Å². The first-order chi connectivity index (χ1) is 8.16. The lowest BCUT2D eigenvalue weighted by Crippen LogP contribution is -2.37. The maximum Gasteiger partial charge on any atom is 0.256 e. The van der Waals surface area contributed by atoms with Crippen LogP contribution in [0.15, 0.2) is 12.4 Å². The molecule has 1 amide bonds. The molecule has 1 aliphatic heterocycles. The van der Waals surface area contributed by atoms with Crippen LogP contribution in [0, 0.1) is 5.92 Å². The Hall–Kier alpha value is -1.36. The number of hydrogen-bond donors (Lipinski definition) is 1. The van der Waals surface area contributed by atoms with Crippen molar-refractivity contribution in [1.29, 1.82) is 0 Å². The number of rotatable bonds is 3. The number of nitrogens with one attached hydrogen (secondary N) is 1. The van der Waals surface area contributed by atoms with Crippen molar-refractivity contribution in [2.24, 2.45) is 13.0 Å². The Balaban J connectivity index is 1.90. The second-order valence-electron chi connectivity index (χ2n) is 4.78. The van der Waals surface area contributed by atoms with Crippen LogP contribution in [-0.4, -0.2) is 47.3 Å². The van der Waals surface area contributed by atoms with Gasteiger partial charge < -0.3 is 10.2 Å². The Morgan fingerprint density at radius 3 is 2.88 bits per heavy atom. The van der Waals surface area contributed by atoms with Crippen molar-refractivity contribution >= 4 is 5.91 Å². The van der Waals surface area contributed by atoms with Crippen molar-refractivity contribution in [2.75, 3.05) is 26.7 Å². The third kappa shape index (κ3) is 3.06. The lowest BCUT2D eigenvalue weighted by atomic mass is 9.97. The van der Waals surface area contributed by atoms with Gasteiger partial charge in [0.05, 0.1) is 11.8 Å². The Morgan fingerprint density at radius 1 is 1.59 bits per heavy atom. The summed E-state index contributed by atoms with van der Waals surface area (Å²) < 4.78 is 1.66. The zero-order chi connectivity index (χ0) is 12.3. The van der Waals surface area contributed by atoms with Crippen LogP contribution >= 0.6 is 0 Å². The summed E-state index contributed by atoms with van der Waals surface area (Å²) >= 11 is 0. The molecule has 0 saturated carbocycles. The Morgan fingerprint density at radius 2 is 2.29 bits per heavy atom. The minimum atomic E-state index is 0.0663. The van der Waals surface area contributed by atoms with Crippen molar-refractivity contribution in [3.63, 3.8) is 0 Å². The number of nitrogens with zero attached hydrogens (tertiary/aromatic N) is 3. The number of hydrogen-bond acceptors (Lipinski definition) is 3. The van der Waals surface area contributed by atoms with E-state index in [-0.39, 0.29) is 5.91 Å². The number of amides is 1. The Bertz CT molecular complexity index is 382. The molecular weight excluding hydrogens is 216 g/mol. The lowest BCUT2D eigenvalue weighted by Gasteiger charge is -2.27. The minimum Gasteiger partial charge on any atom is -0.341 e. The minimum absolute atomic E-state index is 0.0663. The van der Waals surface area contributed by atoms with E-state index in [4.69, 9.17) is 0 Å². The molecule has 0 aromatic carbocycles. The Kier molecular flexibility index (Phi) is 3.78. The van der Waals surface area contributed by atoms with Gasteiger partial charge in [0.15, 0.2) is 0 Å². The number of aromatic nitrogens is 2. The average Bonchev–Trinajstić information content (AvgIpc) is 2.76. The highest BCUT2D eigenvalue weighted by Crippen LogP contribution is 2.14. The van der Waals surface area contributed by atoms with Gasteiger partial charge in [-0.2, -0.15) is 5.10 Å². The molecule has 2 rings (SSSR count). The molecule has 17 heavy (non-hydrogen) atoms. The predicted molar refractivity (Wildman–Crippen MR) is 65.8 cm³/mol. The van der Waals surface area contributed by atoms with Crippen LogP contribution in [0.1, 0.15) is 23.2 Å². The largest absolute Gasteiger partial charge is 0.341 e. The van der Waals surface area contributed by atoms with Crippen LogP contribution in [0.3, 0.4) is 0 Å². The highest BCUT2D eigenvalue weighted by Gasteiger charge is 2.19. The molecule has 5 nitrogen and oxygen atoms in total. The van der Waals surface area contributed by atoms with E-state index in [1.165, 1.54) is 0 Å². The fourth-order valence-corrected chi connectivity index (χ4v) is 2.29. The molecule has 0 radical (unpaired) electrons. The van der Waals surface area contributed by atoms with Crippen molar-refractivity contribution in [3.05, 3.63) is 18.0 Å². The number of piperidine rings is 1. The first-order valence-electron chi connectivity index (χ1n) is 6.11. The molecule has 0 atom stereocenters. The van der Waals surface area contributed by atoms with E-state index in [2.05, 4.69) is 10.4 Å². The van der Waals surface area contributed by atoms with Gasteiger partial charge in [0.2, 0.25) is 0 Å². The monoisotopic (exact) mass is 236 g/mol. The van der Waals surface area contributed by atoms with Crippen LogP contribution in [0.2, 0.25) is 0 Å². The molecule has 1 N–H and O–H groups in total. The smallest absolute Gasteiger partial charge is 0.256 e. The second-order valence-corrected chi connectivity index (χ2v) is 4.78. The third-order valence-electron chi connectivity index (χ3n) is 3.29. The molecule has 1 aromatic rings. The summed E-state index contributed by atoms with van der Waals surface area (Å²) in [5.41, 5.74) is 0.670. The molecule has 1 aliphatic rings. The number of carbonyl (C=O) groups excluding carboxylic acids is 1. The summed E-state index contributed by atoms with van der Waals surface area (Å²) in [7, 11) is 3.70. The molecule has 5 heteroatoms. The van der Waals surface area contributed by atoms with Gasteiger partial charge in [-0.15, -0.1) is 0 Å². The van der Waals surface area contributed by atoms with Gasteiger partial charge >= 0.3 is 0 Å². The zero-order valence-electron chi connectivity index (χ0n) is 10.5. The predicted octanol–water partition coefficient (Wildman–Crippen LogP) is 0.492. The van der Waals surface area contributed by atoms with Crippen molar-refractivity contribution in [1.82, 2.24) is 20.0 Å². The van der Waals surface area contributed by atoms with Gasteiger partial charge in [-0.25, -0.2) is 0 Å². The quantitative estimate of drug-likeness (QED) is 0.831. The molecular formula is C12H20N4O. The Labute approximate surface area is 102 Å². The number of aryl methyl sites for hydroxylation is 1. The van der Waals surface area contributed by atoms with Gasteiger partial charge in [-0.1, -0.05) is 0 Å². The normalized spacial score (nSPS) is 17.1. The summed E-state index contributed by atoms with van der Waals surface area (Å²) in [6, 6.07) is 0. The van der Waals surface area contributed by atoms with Crippen LogP contribution < -0.4 is 5.32 Å². The summed E-state index contributed by atoms with van der Waals surface area (Å²) in [5, 5.41) is 7.36. The van der Waals surface area contributed by atoms with Gasteiger partial charge in [-0.05, 0) is 31.8 Å². The molecule has 94 valence electrons. The van der Waals surface area contributed by atoms with Crippen LogP contribution in [0.5, 0.6) is 0 Å². The summed E-state index contributed by atoms with van der Waals surface area (Å²) in [4.78, 5) is 13.9. The molecule has 1 saturated heterocycles. The van der Waals surface area contributed by atoms with Crippen LogP contribution in [-0.2, 0) is 7.05 Å². The third-order valence-corrected chi connectivity index (χ3v) is 3.29. The van der Waals surface area contributed by atoms with E-state index in [0.717, 1.165) is 32.5 Å². The highest BCUT2D eigenvalue weighted by atomic mass is 16.2. The van der Waals surface area contributed by atoms with Crippen molar-refractivity contribution in [2.45, 2.75) is 12.8 Å². The van der Waals surface area contributed by atoms with E-state index in [0.29, 0.717) is 11.5 Å². The second kappa shape index (κ2) is 5.31. The maximum absolute atomic E-state index is 12.1. The fourth-order valence-electron chi connectivity index (χ4n) is 2.29. The first kappa shape index (κ1) is 12.1. The van der Waals surface area contributed by atoms with E-state index in [9.17, 15) is 4.79 Å². The molecule has 0 spiro atoms.